The number of aromatic hydroxyl groups is 2. The summed E-state index contributed by atoms with van der Waals surface area (Å²) in [6, 6.07) is 13.4. The van der Waals surface area contributed by atoms with Gasteiger partial charge in [0.2, 0.25) is 0 Å². The van der Waals surface area contributed by atoms with Gasteiger partial charge < -0.3 is 14.9 Å². The Labute approximate surface area is 204 Å². The van der Waals surface area contributed by atoms with Crippen molar-refractivity contribution in [2.24, 2.45) is 16.1 Å². The number of benzene rings is 3. The molecule has 5 rings (SSSR count). The standard InChI is InChI=1S/C25H19N5O6/c1-36-14-8-5-12(6-9-14)21-20-22(29-28-21)15-3-2-4-16(19(15)23(20)33)30(25(35)27-26)24(34)13-7-10-17(31)18(32)11-13/h2-11,22,31-32H,26H2,1H3,(H,27,35). The van der Waals surface area contributed by atoms with E-state index in [-0.39, 0.29) is 16.8 Å². The van der Waals surface area contributed by atoms with E-state index in [0.29, 0.717) is 33.0 Å². The van der Waals surface area contributed by atoms with Crippen LogP contribution in [-0.4, -0.2) is 35.0 Å². The molecule has 0 saturated carbocycles. The number of hydrazine groups is 1. The lowest BCUT2D eigenvalue weighted by Gasteiger charge is -2.22. The molecule has 180 valence electrons. The maximum Gasteiger partial charge on any atom is 0.343 e. The van der Waals surface area contributed by atoms with Crippen molar-refractivity contribution in [3.8, 4) is 17.2 Å². The number of hydrogen-bond donors (Lipinski definition) is 4. The van der Waals surface area contributed by atoms with Gasteiger partial charge in [-0.1, -0.05) is 12.1 Å². The third-order valence-electron chi connectivity index (χ3n) is 6.00. The van der Waals surface area contributed by atoms with Crippen molar-refractivity contribution in [1.82, 2.24) is 5.43 Å². The zero-order chi connectivity index (χ0) is 25.6. The molecule has 3 amide bonds. The number of nitrogens with zero attached hydrogens (tertiary/aromatic N) is 3. The van der Waals surface area contributed by atoms with Gasteiger partial charge in [0.05, 0.1) is 23.9 Å². The number of Topliss-reactive ketones (excluding diaryl/α,β-unsaturated/α-hetero) is 1. The second-order valence-electron chi connectivity index (χ2n) is 7.97. The zero-order valence-corrected chi connectivity index (χ0v) is 18.8. The Morgan fingerprint density at radius 1 is 1.06 bits per heavy atom. The van der Waals surface area contributed by atoms with E-state index in [2.05, 4.69) is 10.2 Å². The number of methoxy groups -OCH3 is 1. The number of phenolic OH excluding ortho intramolecular Hbond substituents is 2. The van der Waals surface area contributed by atoms with Crippen molar-refractivity contribution in [2.45, 2.75) is 6.04 Å². The number of amides is 3. The third kappa shape index (κ3) is 3.46. The Hall–Kier alpha value is -5.03. The smallest absolute Gasteiger partial charge is 0.343 e. The molecule has 1 heterocycles. The van der Waals surface area contributed by atoms with Crippen LogP contribution < -0.4 is 20.9 Å². The number of carbonyl (C=O) groups is 3. The lowest BCUT2D eigenvalue weighted by atomic mass is 10.0. The van der Waals surface area contributed by atoms with Gasteiger partial charge in [-0.05, 0) is 54.1 Å². The van der Waals surface area contributed by atoms with E-state index in [9.17, 15) is 24.6 Å². The minimum atomic E-state index is -1.00. The number of imide groups is 1. The predicted molar refractivity (Wildman–Crippen MR) is 128 cm³/mol. The number of nitrogens with two attached hydrogens (primary N) is 1. The fraction of sp³-hybridized carbons (Fsp3) is 0.0800. The number of hydrogen-bond acceptors (Lipinski definition) is 9. The van der Waals surface area contributed by atoms with Crippen molar-refractivity contribution >= 4 is 29.1 Å². The molecule has 11 heteroatoms. The Bertz CT molecular complexity index is 1500. The number of carbonyl (C=O) groups excluding carboxylic acids is 3. The largest absolute Gasteiger partial charge is 0.504 e. The number of rotatable bonds is 4. The van der Waals surface area contributed by atoms with Crippen LogP contribution in [0.25, 0.3) is 5.70 Å². The minimum Gasteiger partial charge on any atom is -0.504 e. The van der Waals surface area contributed by atoms with Crippen LogP contribution >= 0.6 is 0 Å². The molecular weight excluding hydrogens is 466 g/mol. The molecule has 0 fully saturated rings. The molecule has 0 aromatic heterocycles. The summed E-state index contributed by atoms with van der Waals surface area (Å²) in [5.41, 5.74) is 3.76. The van der Waals surface area contributed by atoms with Gasteiger partial charge in [0.25, 0.3) is 5.91 Å². The molecule has 11 nitrogen and oxygen atoms in total. The number of ketones is 1. The second kappa shape index (κ2) is 8.64. The number of nitrogens with one attached hydrogen (secondary N) is 1. The topological polar surface area (TPSA) is 167 Å². The highest BCUT2D eigenvalue weighted by atomic mass is 16.5. The number of fused-ring (bicyclic) bond motifs is 3. The van der Waals surface area contributed by atoms with E-state index < -0.39 is 35.3 Å². The van der Waals surface area contributed by atoms with Crippen LogP contribution in [0.5, 0.6) is 17.2 Å². The van der Waals surface area contributed by atoms with Crippen LogP contribution in [0.2, 0.25) is 0 Å². The third-order valence-corrected chi connectivity index (χ3v) is 6.00. The Morgan fingerprint density at radius 3 is 2.47 bits per heavy atom. The van der Waals surface area contributed by atoms with E-state index in [4.69, 9.17) is 10.6 Å². The molecular formula is C25H19N5O6. The fourth-order valence-electron chi connectivity index (χ4n) is 4.28. The van der Waals surface area contributed by atoms with E-state index in [1.165, 1.54) is 12.1 Å². The first-order valence-corrected chi connectivity index (χ1v) is 10.7. The van der Waals surface area contributed by atoms with Gasteiger partial charge >= 0.3 is 6.03 Å². The molecule has 1 unspecified atom stereocenters. The highest BCUT2D eigenvalue weighted by molar-refractivity contribution is 6.27. The van der Waals surface area contributed by atoms with E-state index in [1.807, 2.05) is 5.43 Å². The van der Waals surface area contributed by atoms with Crippen molar-refractivity contribution in [2.75, 3.05) is 12.0 Å². The summed E-state index contributed by atoms with van der Waals surface area (Å²) in [5, 5.41) is 27.9. The van der Waals surface area contributed by atoms with Crippen molar-refractivity contribution in [1.29, 1.82) is 0 Å². The molecule has 3 aromatic carbocycles. The summed E-state index contributed by atoms with van der Waals surface area (Å²) in [5.74, 6) is 3.70. The maximum atomic E-state index is 13.7. The van der Waals surface area contributed by atoms with Crippen molar-refractivity contribution in [3.05, 3.63) is 88.5 Å². The highest BCUT2D eigenvalue weighted by Gasteiger charge is 2.44. The molecule has 1 atom stereocenters. The zero-order valence-electron chi connectivity index (χ0n) is 18.8. The first-order valence-electron chi connectivity index (χ1n) is 10.7. The minimum absolute atomic E-state index is 0.0100. The average Bonchev–Trinajstić information content (AvgIpc) is 3.45. The van der Waals surface area contributed by atoms with Crippen LogP contribution in [0.15, 0.2) is 76.5 Å². The van der Waals surface area contributed by atoms with Gasteiger partial charge in [-0.15, -0.1) is 0 Å². The van der Waals surface area contributed by atoms with Gasteiger partial charge in [-0.2, -0.15) is 10.2 Å². The summed E-state index contributed by atoms with van der Waals surface area (Å²) < 4.78 is 5.19. The first kappa shape index (κ1) is 22.7. The van der Waals surface area contributed by atoms with E-state index in [0.717, 1.165) is 12.1 Å². The normalized spacial score (nSPS) is 15.5. The number of ether oxygens (including phenoxy) is 1. The Morgan fingerprint density at radius 2 is 1.81 bits per heavy atom. The highest BCUT2D eigenvalue weighted by Crippen LogP contribution is 2.49. The van der Waals surface area contributed by atoms with Crippen LogP contribution in [-0.2, 0) is 0 Å². The molecule has 0 saturated heterocycles. The van der Waals surface area contributed by atoms with Crippen molar-refractivity contribution in [3.63, 3.8) is 0 Å². The van der Waals surface area contributed by atoms with E-state index >= 15 is 0 Å². The molecule has 0 spiro atoms. The molecule has 0 bridgehead atoms. The molecule has 1 aliphatic carbocycles. The maximum absolute atomic E-state index is 13.7. The van der Waals surface area contributed by atoms with Gasteiger partial charge in [-0.25, -0.2) is 15.5 Å². The van der Waals surface area contributed by atoms with Crippen LogP contribution in [0.3, 0.4) is 0 Å². The molecule has 1 aliphatic heterocycles. The lowest BCUT2D eigenvalue weighted by Crippen LogP contribution is -2.47. The van der Waals surface area contributed by atoms with Crippen LogP contribution in [0.4, 0.5) is 10.5 Å². The molecule has 2 aliphatic rings. The van der Waals surface area contributed by atoms with Gasteiger partial charge in [0.15, 0.2) is 17.3 Å². The van der Waals surface area contributed by atoms with E-state index in [1.54, 1.807) is 43.5 Å². The fourth-order valence-corrected chi connectivity index (χ4v) is 4.28. The average molecular weight is 485 g/mol. The van der Waals surface area contributed by atoms with Crippen molar-refractivity contribution < 1.29 is 29.3 Å². The number of anilines is 1. The Kier molecular flexibility index (Phi) is 5.46. The molecule has 5 N–H and O–H groups in total. The molecule has 3 aromatic rings. The Balaban J connectivity index is 1.62. The monoisotopic (exact) mass is 485 g/mol. The summed E-state index contributed by atoms with van der Waals surface area (Å²) in [6.45, 7) is 0. The quantitative estimate of drug-likeness (QED) is 0.190. The number of azo groups is 1. The SMILES string of the molecule is COc1ccc(C2=C3C(=O)c4c(cccc4N(C(=O)NN)C(=O)c4ccc(O)c(O)c4)C3N=N2)cc1. The van der Waals surface area contributed by atoms with Crippen LogP contribution in [0.1, 0.15) is 37.9 Å². The van der Waals surface area contributed by atoms with Crippen LogP contribution in [0, 0.1) is 0 Å². The second-order valence-corrected chi connectivity index (χ2v) is 7.97. The summed E-state index contributed by atoms with van der Waals surface area (Å²) in [6.07, 6.45) is 0. The summed E-state index contributed by atoms with van der Waals surface area (Å²) in [7, 11) is 1.55. The molecule has 0 radical (unpaired) electrons. The predicted octanol–water partition coefficient (Wildman–Crippen LogP) is 3.45. The lowest BCUT2D eigenvalue weighted by molar-refractivity contribution is 0.0993. The number of phenols is 2. The first-order chi connectivity index (χ1) is 17.3. The van der Waals surface area contributed by atoms with Gasteiger partial charge in [0.1, 0.15) is 17.5 Å². The molecule has 36 heavy (non-hydrogen) atoms. The van der Waals surface area contributed by atoms with Gasteiger partial charge in [0, 0.05) is 11.1 Å². The summed E-state index contributed by atoms with van der Waals surface area (Å²) >= 11 is 0. The van der Waals surface area contributed by atoms with Gasteiger partial charge in [-0.3, -0.25) is 15.0 Å². The number of urea groups is 1. The summed E-state index contributed by atoms with van der Waals surface area (Å²) in [4.78, 5) is 40.5.